The molecule has 0 unspecified atom stereocenters. The first kappa shape index (κ1) is 18.8. The van der Waals surface area contributed by atoms with E-state index in [9.17, 15) is 4.79 Å². The standard InChI is InChI=1S/C22H33N3O2/c1-27-20-6-4-5-19(17-20)24-15-13-23(14-16-24)18-9-11-25(12-10-18)21-7-2-3-8-22(21)26/h4-6,17-18,21H,2-3,7-16H2,1H3/t21-/m1/s1. The van der Waals surface area contributed by atoms with Gasteiger partial charge in [-0.3, -0.25) is 14.6 Å². The zero-order chi connectivity index (χ0) is 18.6. The number of benzene rings is 1. The third kappa shape index (κ3) is 4.30. The second-order valence-corrected chi connectivity index (χ2v) is 8.22. The molecule has 0 bridgehead atoms. The van der Waals surface area contributed by atoms with Gasteiger partial charge in [0, 0.05) is 63.5 Å². The number of carbonyl (C=O) groups excluding carboxylic acids is 1. The van der Waals surface area contributed by atoms with Crippen molar-refractivity contribution in [1.82, 2.24) is 9.80 Å². The average Bonchev–Trinajstić information content (AvgIpc) is 2.74. The van der Waals surface area contributed by atoms with E-state index in [2.05, 4.69) is 32.9 Å². The lowest BCUT2D eigenvalue weighted by molar-refractivity contribution is -0.126. The number of methoxy groups -OCH3 is 1. The van der Waals surface area contributed by atoms with Crippen molar-refractivity contribution < 1.29 is 9.53 Å². The third-order valence-electron chi connectivity index (χ3n) is 6.71. The fraction of sp³-hybridized carbons (Fsp3) is 0.682. The minimum Gasteiger partial charge on any atom is -0.497 e. The quantitative estimate of drug-likeness (QED) is 0.813. The highest BCUT2D eigenvalue weighted by Gasteiger charge is 2.33. The van der Waals surface area contributed by atoms with Crippen LogP contribution >= 0.6 is 0 Å². The molecule has 2 aliphatic heterocycles. The number of piperidine rings is 1. The van der Waals surface area contributed by atoms with E-state index in [-0.39, 0.29) is 6.04 Å². The number of hydrogen-bond donors (Lipinski definition) is 0. The molecule has 5 heteroatoms. The van der Waals surface area contributed by atoms with Gasteiger partial charge < -0.3 is 9.64 Å². The molecular weight excluding hydrogens is 338 g/mol. The Kier molecular flexibility index (Phi) is 5.98. The highest BCUT2D eigenvalue weighted by atomic mass is 16.5. The average molecular weight is 372 g/mol. The molecule has 4 rings (SSSR count). The number of rotatable bonds is 4. The first-order valence-corrected chi connectivity index (χ1v) is 10.6. The molecule has 1 atom stereocenters. The molecule has 0 aromatic heterocycles. The Bertz CT molecular complexity index is 634. The highest BCUT2D eigenvalue weighted by Crippen LogP contribution is 2.27. The number of ether oxygens (including phenoxy) is 1. The minimum atomic E-state index is 0.226. The monoisotopic (exact) mass is 371 g/mol. The molecule has 3 aliphatic rings. The fourth-order valence-corrected chi connectivity index (χ4v) is 5.07. The van der Waals surface area contributed by atoms with Crippen LogP contribution in [0.2, 0.25) is 0 Å². The Morgan fingerprint density at radius 2 is 1.70 bits per heavy atom. The Hall–Kier alpha value is -1.59. The van der Waals surface area contributed by atoms with Crippen molar-refractivity contribution in [1.29, 1.82) is 0 Å². The molecule has 1 aromatic rings. The largest absolute Gasteiger partial charge is 0.497 e. The highest BCUT2D eigenvalue weighted by molar-refractivity contribution is 5.84. The second kappa shape index (κ2) is 8.61. The predicted octanol–water partition coefficient (Wildman–Crippen LogP) is 2.79. The van der Waals surface area contributed by atoms with Gasteiger partial charge in [0.15, 0.2) is 0 Å². The van der Waals surface area contributed by atoms with Gasteiger partial charge in [-0.15, -0.1) is 0 Å². The summed E-state index contributed by atoms with van der Waals surface area (Å²) in [5.74, 6) is 1.42. The van der Waals surface area contributed by atoms with Gasteiger partial charge in [-0.2, -0.15) is 0 Å². The van der Waals surface area contributed by atoms with E-state index in [0.29, 0.717) is 11.8 Å². The maximum atomic E-state index is 12.2. The van der Waals surface area contributed by atoms with Crippen LogP contribution in [0, 0.1) is 0 Å². The summed E-state index contributed by atoms with van der Waals surface area (Å²) >= 11 is 0. The molecule has 5 nitrogen and oxygen atoms in total. The molecule has 148 valence electrons. The van der Waals surface area contributed by atoms with Crippen LogP contribution in [0.5, 0.6) is 5.75 Å². The molecule has 1 aliphatic carbocycles. The van der Waals surface area contributed by atoms with Crippen LogP contribution in [-0.4, -0.2) is 74.0 Å². The van der Waals surface area contributed by atoms with Crippen molar-refractivity contribution >= 4 is 11.5 Å². The van der Waals surface area contributed by atoms with E-state index < -0.39 is 0 Å². The van der Waals surface area contributed by atoms with Gasteiger partial charge in [-0.25, -0.2) is 0 Å². The fourth-order valence-electron chi connectivity index (χ4n) is 5.07. The van der Waals surface area contributed by atoms with Crippen LogP contribution in [0.1, 0.15) is 38.5 Å². The normalized spacial score (nSPS) is 26.3. The summed E-state index contributed by atoms with van der Waals surface area (Å²) in [5.41, 5.74) is 1.26. The molecule has 1 aromatic carbocycles. The van der Waals surface area contributed by atoms with Crippen LogP contribution in [0.15, 0.2) is 24.3 Å². The number of likely N-dealkylation sites (tertiary alicyclic amines) is 1. The summed E-state index contributed by atoms with van der Waals surface area (Å²) in [6, 6.07) is 9.30. The van der Waals surface area contributed by atoms with Gasteiger partial charge >= 0.3 is 0 Å². The van der Waals surface area contributed by atoms with E-state index in [1.165, 1.54) is 24.9 Å². The summed E-state index contributed by atoms with van der Waals surface area (Å²) in [6.45, 7) is 6.60. The number of piperazine rings is 1. The summed E-state index contributed by atoms with van der Waals surface area (Å²) in [5, 5.41) is 0. The number of nitrogens with zero attached hydrogens (tertiary/aromatic N) is 3. The first-order valence-electron chi connectivity index (χ1n) is 10.6. The van der Waals surface area contributed by atoms with Crippen LogP contribution < -0.4 is 9.64 Å². The van der Waals surface area contributed by atoms with Crippen LogP contribution in [0.4, 0.5) is 5.69 Å². The lowest BCUT2D eigenvalue weighted by Crippen LogP contribution is -2.55. The van der Waals surface area contributed by atoms with E-state index >= 15 is 0 Å². The lowest BCUT2D eigenvalue weighted by atomic mass is 9.90. The SMILES string of the molecule is COc1cccc(N2CCN(C3CCN([C@@H]4CCCCC4=O)CC3)CC2)c1. The molecule has 3 fully saturated rings. The molecule has 0 spiro atoms. The van der Waals surface area contributed by atoms with Gasteiger partial charge in [-0.1, -0.05) is 12.5 Å². The molecule has 0 radical (unpaired) electrons. The maximum Gasteiger partial charge on any atom is 0.149 e. The molecule has 2 heterocycles. The Labute approximate surface area is 163 Å². The summed E-state index contributed by atoms with van der Waals surface area (Å²) < 4.78 is 5.36. The van der Waals surface area contributed by atoms with Crippen molar-refractivity contribution in [3.8, 4) is 5.75 Å². The second-order valence-electron chi connectivity index (χ2n) is 8.22. The van der Waals surface area contributed by atoms with Crippen molar-refractivity contribution in [2.45, 2.75) is 50.6 Å². The van der Waals surface area contributed by atoms with Crippen molar-refractivity contribution in [2.75, 3.05) is 51.3 Å². The van der Waals surface area contributed by atoms with E-state index in [4.69, 9.17) is 4.74 Å². The Morgan fingerprint density at radius 3 is 2.41 bits per heavy atom. The molecule has 0 amide bonds. The minimum absolute atomic E-state index is 0.226. The van der Waals surface area contributed by atoms with E-state index in [1.807, 2.05) is 6.07 Å². The lowest BCUT2D eigenvalue weighted by Gasteiger charge is -2.45. The smallest absolute Gasteiger partial charge is 0.149 e. The molecule has 0 N–H and O–H groups in total. The Balaban J connectivity index is 1.26. The van der Waals surface area contributed by atoms with Crippen molar-refractivity contribution in [3.05, 3.63) is 24.3 Å². The van der Waals surface area contributed by atoms with Crippen LogP contribution in [0.3, 0.4) is 0 Å². The van der Waals surface area contributed by atoms with Gasteiger partial charge in [0.25, 0.3) is 0 Å². The number of anilines is 1. The summed E-state index contributed by atoms with van der Waals surface area (Å²) in [7, 11) is 1.73. The van der Waals surface area contributed by atoms with Crippen LogP contribution in [0.25, 0.3) is 0 Å². The van der Waals surface area contributed by atoms with Crippen LogP contribution in [-0.2, 0) is 4.79 Å². The van der Waals surface area contributed by atoms with Gasteiger partial charge in [0.1, 0.15) is 11.5 Å². The zero-order valence-corrected chi connectivity index (χ0v) is 16.6. The third-order valence-corrected chi connectivity index (χ3v) is 6.71. The number of Topliss-reactive ketones (excluding diaryl/α,β-unsaturated/α-hetero) is 1. The maximum absolute atomic E-state index is 12.2. The first-order chi connectivity index (χ1) is 13.2. The molecule has 2 saturated heterocycles. The van der Waals surface area contributed by atoms with Crippen molar-refractivity contribution in [2.24, 2.45) is 0 Å². The number of ketones is 1. The van der Waals surface area contributed by atoms with E-state index in [1.54, 1.807) is 7.11 Å². The topological polar surface area (TPSA) is 36.0 Å². The van der Waals surface area contributed by atoms with Crippen molar-refractivity contribution in [3.63, 3.8) is 0 Å². The number of carbonyl (C=O) groups is 1. The van der Waals surface area contributed by atoms with Gasteiger partial charge in [0.05, 0.1) is 13.2 Å². The molecule has 1 saturated carbocycles. The van der Waals surface area contributed by atoms with Gasteiger partial charge in [-0.05, 0) is 37.8 Å². The summed E-state index contributed by atoms with van der Waals surface area (Å²) in [4.78, 5) is 19.8. The Morgan fingerprint density at radius 1 is 0.926 bits per heavy atom. The predicted molar refractivity (Wildman–Crippen MR) is 109 cm³/mol. The van der Waals surface area contributed by atoms with E-state index in [0.717, 1.165) is 64.3 Å². The zero-order valence-electron chi connectivity index (χ0n) is 16.6. The summed E-state index contributed by atoms with van der Waals surface area (Å²) in [6.07, 6.45) is 6.64. The molecule has 27 heavy (non-hydrogen) atoms. The number of hydrogen-bond acceptors (Lipinski definition) is 5. The van der Waals surface area contributed by atoms with Gasteiger partial charge in [0.2, 0.25) is 0 Å². The molecular formula is C22H33N3O2.